The highest BCUT2D eigenvalue weighted by Crippen LogP contribution is 2.30. The number of esters is 3. The van der Waals surface area contributed by atoms with E-state index in [4.69, 9.17) is 32.9 Å². The molecule has 0 saturated carbocycles. The lowest BCUT2D eigenvalue weighted by Gasteiger charge is -2.32. The predicted octanol–water partition coefficient (Wildman–Crippen LogP) is 8.27. The largest absolute Gasteiger partial charge is 0.481 e. The molecule has 81 heavy (non-hydrogen) atoms. The summed E-state index contributed by atoms with van der Waals surface area (Å²) in [6.07, 6.45) is 3.08. The van der Waals surface area contributed by atoms with Crippen molar-refractivity contribution in [1.29, 1.82) is 0 Å². The number of aldehydes is 1. The molecule has 0 fully saturated rings. The zero-order valence-electron chi connectivity index (χ0n) is 45.5. The van der Waals surface area contributed by atoms with Gasteiger partial charge in [0.25, 0.3) is 11.8 Å². The summed E-state index contributed by atoms with van der Waals surface area (Å²) in [5, 5.41) is 8.53. The maximum absolute atomic E-state index is 13.8. The lowest BCUT2D eigenvalue weighted by atomic mass is 9.90. The molecule has 0 radical (unpaired) electrons. The van der Waals surface area contributed by atoms with E-state index in [1.165, 1.54) is 61.0 Å². The van der Waals surface area contributed by atoms with Gasteiger partial charge in [0.1, 0.15) is 48.4 Å². The van der Waals surface area contributed by atoms with E-state index >= 15 is 0 Å². The average molecular weight is 1110 g/mol. The number of hydrogen-bond acceptors (Lipinski definition) is 16. The number of nitrogens with zero attached hydrogens (tertiary/aromatic N) is 1. The van der Waals surface area contributed by atoms with Crippen LogP contribution in [0.25, 0.3) is 11.3 Å². The minimum Gasteiger partial charge on any atom is -0.481 e. The highest BCUT2D eigenvalue weighted by molar-refractivity contribution is 6.00. The van der Waals surface area contributed by atoms with Gasteiger partial charge in [-0.15, -0.1) is 0 Å². The van der Waals surface area contributed by atoms with E-state index in [0.717, 1.165) is 23.5 Å². The fraction of sp³-hybridized carbons (Fsp3) is 0.295. The van der Waals surface area contributed by atoms with Gasteiger partial charge in [0.15, 0.2) is 12.4 Å². The number of para-hydroxylation sites is 1. The van der Waals surface area contributed by atoms with Crippen LogP contribution >= 0.6 is 0 Å². The van der Waals surface area contributed by atoms with Crippen molar-refractivity contribution in [3.05, 3.63) is 179 Å². The van der Waals surface area contributed by atoms with E-state index in [-0.39, 0.29) is 60.4 Å². The molecule has 426 valence electrons. The number of amides is 4. The van der Waals surface area contributed by atoms with Crippen LogP contribution in [0.3, 0.4) is 0 Å². The minimum atomic E-state index is -1.36. The number of hydrogen-bond donors (Lipinski definition) is 3. The second-order valence-electron chi connectivity index (χ2n) is 18.0. The summed E-state index contributed by atoms with van der Waals surface area (Å²) in [6.45, 7) is 4.45. The van der Waals surface area contributed by atoms with Crippen LogP contribution in [0.15, 0.2) is 150 Å². The van der Waals surface area contributed by atoms with Crippen molar-refractivity contribution in [2.75, 3.05) is 20.4 Å². The number of methoxy groups -OCH3 is 1. The monoisotopic (exact) mass is 1110 g/mol. The molecular formula is C61H66N4O16. The number of rotatable bonds is 30. The van der Waals surface area contributed by atoms with Gasteiger partial charge >= 0.3 is 23.9 Å². The summed E-state index contributed by atoms with van der Waals surface area (Å²) >= 11 is 0. The molecule has 0 spiro atoms. The summed E-state index contributed by atoms with van der Waals surface area (Å²) < 4.78 is 32.4. The highest BCUT2D eigenvalue weighted by Gasteiger charge is 2.34. The van der Waals surface area contributed by atoms with Crippen molar-refractivity contribution in [1.82, 2.24) is 21.0 Å². The van der Waals surface area contributed by atoms with Gasteiger partial charge in [0.2, 0.25) is 12.3 Å². The Bertz CT molecular complexity index is 3010. The van der Waals surface area contributed by atoms with E-state index in [1.54, 1.807) is 74.7 Å². The number of unbranched alkanes of at least 4 members (excludes halogenated alkanes) is 2. The van der Waals surface area contributed by atoms with Crippen LogP contribution < -0.4 is 25.4 Å². The second-order valence-corrected chi connectivity index (χ2v) is 18.0. The molecule has 1 aromatic heterocycles. The van der Waals surface area contributed by atoms with E-state index in [0.29, 0.717) is 43.3 Å². The van der Waals surface area contributed by atoms with Crippen molar-refractivity contribution in [3.8, 4) is 22.8 Å². The van der Waals surface area contributed by atoms with Crippen LogP contribution in [-0.2, 0) is 67.6 Å². The molecule has 3 atom stereocenters. The maximum Gasteiger partial charge on any atom is 0.367 e. The van der Waals surface area contributed by atoms with Crippen LogP contribution in [0.1, 0.15) is 107 Å². The number of carbonyl (C=O) groups excluding carboxylic acids is 9. The first-order valence-corrected chi connectivity index (χ1v) is 26.1. The summed E-state index contributed by atoms with van der Waals surface area (Å²) in [7, 11) is 1.70. The summed E-state index contributed by atoms with van der Waals surface area (Å²) in [5.41, 5.74) is 2.70. The van der Waals surface area contributed by atoms with Gasteiger partial charge in [-0.2, -0.15) is 5.06 Å². The Kier molecular flexibility index (Phi) is 26.0. The number of hydroxylamine groups is 2. The Labute approximate surface area is 469 Å². The van der Waals surface area contributed by atoms with Crippen LogP contribution in [0.4, 0.5) is 0 Å². The number of ether oxygens (including phenoxy) is 5. The molecule has 3 unspecified atom stereocenters. The molecule has 3 N–H and O–H groups in total. The van der Waals surface area contributed by atoms with E-state index < -0.39 is 72.6 Å². The summed E-state index contributed by atoms with van der Waals surface area (Å²) in [4.78, 5) is 121. The Morgan fingerprint density at radius 3 is 1.90 bits per heavy atom. The van der Waals surface area contributed by atoms with Crippen molar-refractivity contribution < 1.29 is 76.1 Å². The third kappa shape index (κ3) is 20.4. The Morgan fingerprint density at radius 2 is 1.30 bits per heavy atom. The fourth-order valence-electron chi connectivity index (χ4n) is 8.01. The zero-order valence-corrected chi connectivity index (χ0v) is 45.5. The standard InChI is InChI=1S/C53H56N4O15.C8H10O/c1-4-6-9-20-39(43(5-2)57(34-59)72-52(65)41-21-14-15-22-45(41)70-35(3)60)49(62)54-33-55-51(64)46-26-25-44(71-46)38-23-24-40(47(29-38)67-32-48(61)68-30-36-16-10-7-11-17-36)50(63)56-42(27-28-58)53(66)69-31-37-18-12-8-13-19-37;1-9-7-8-5-3-2-4-6-8/h7-8,10-19,21-26,28-29,34,39,42-43H,4-6,9,20,27,30-33H2,1-3H3,(H,54,62)(H,55,64)(H,56,63);2-6H,7H2,1H3. The van der Waals surface area contributed by atoms with Gasteiger partial charge in [0, 0.05) is 26.0 Å². The quantitative estimate of drug-likeness (QED) is 0.00957. The number of nitrogens with one attached hydrogen (secondary N) is 3. The van der Waals surface area contributed by atoms with Gasteiger partial charge < -0.3 is 53.7 Å². The van der Waals surface area contributed by atoms with Gasteiger partial charge in [-0.25, -0.2) is 14.4 Å². The van der Waals surface area contributed by atoms with Gasteiger partial charge in [0.05, 0.1) is 30.8 Å². The predicted molar refractivity (Wildman–Crippen MR) is 294 cm³/mol. The maximum atomic E-state index is 13.8. The molecule has 0 bridgehead atoms. The number of carbonyl (C=O) groups is 9. The Hall–Kier alpha value is -9.43. The van der Waals surface area contributed by atoms with Crippen molar-refractivity contribution >= 4 is 54.3 Å². The molecule has 1 heterocycles. The van der Waals surface area contributed by atoms with Crippen molar-refractivity contribution in [2.45, 2.75) is 91.2 Å². The third-order valence-electron chi connectivity index (χ3n) is 12.1. The Morgan fingerprint density at radius 1 is 0.667 bits per heavy atom. The van der Waals surface area contributed by atoms with Gasteiger partial charge in [-0.3, -0.25) is 24.0 Å². The fourth-order valence-corrected chi connectivity index (χ4v) is 8.01. The smallest absolute Gasteiger partial charge is 0.367 e. The van der Waals surface area contributed by atoms with Gasteiger partial charge in [-0.05, 0) is 65.9 Å². The topological polar surface area (TPSA) is 261 Å². The summed E-state index contributed by atoms with van der Waals surface area (Å²) in [6, 6.07) is 38.5. The highest BCUT2D eigenvalue weighted by atomic mass is 16.7. The van der Waals surface area contributed by atoms with E-state index in [9.17, 15) is 43.2 Å². The molecule has 6 aromatic rings. The van der Waals surface area contributed by atoms with Crippen LogP contribution in [-0.4, -0.2) is 91.8 Å². The molecule has 0 aliphatic carbocycles. The molecular weight excluding hydrogens is 1040 g/mol. The second kappa shape index (κ2) is 33.8. The first kappa shape index (κ1) is 62.4. The van der Waals surface area contributed by atoms with Crippen LogP contribution in [0.2, 0.25) is 0 Å². The molecule has 0 aliphatic heterocycles. The normalized spacial score (nSPS) is 11.6. The molecule has 20 nitrogen and oxygen atoms in total. The average Bonchev–Trinajstić information content (AvgIpc) is 4.02. The Balaban J connectivity index is 0.00000121. The molecule has 20 heteroatoms. The van der Waals surface area contributed by atoms with Crippen molar-refractivity contribution in [3.63, 3.8) is 0 Å². The van der Waals surface area contributed by atoms with Crippen LogP contribution in [0.5, 0.6) is 11.5 Å². The van der Waals surface area contributed by atoms with Crippen LogP contribution in [0, 0.1) is 5.92 Å². The van der Waals surface area contributed by atoms with Crippen molar-refractivity contribution in [2.24, 2.45) is 5.92 Å². The zero-order chi connectivity index (χ0) is 58.4. The lowest BCUT2D eigenvalue weighted by Crippen LogP contribution is -2.49. The first-order chi connectivity index (χ1) is 39.3. The number of benzene rings is 5. The molecule has 0 aliphatic rings. The third-order valence-corrected chi connectivity index (χ3v) is 12.1. The minimum absolute atomic E-state index is 0.0401. The SMILES string of the molecule is CCCCCC(C(=O)NCNC(=O)c1ccc(-c2ccc(C(=O)NC(CC=O)C(=O)OCc3ccccc3)c(OCC(=O)OCc3ccccc3)c2)o1)C(CC)N(C=O)OC(=O)c1ccccc1OC(C)=O.COCc1ccccc1. The molecule has 5 aromatic carbocycles. The number of furan rings is 1. The molecule has 0 saturated heterocycles. The van der Waals surface area contributed by atoms with E-state index in [2.05, 4.69) is 16.0 Å². The molecule has 6 rings (SSSR count). The lowest BCUT2D eigenvalue weighted by molar-refractivity contribution is -0.171. The molecule has 4 amide bonds. The summed E-state index contributed by atoms with van der Waals surface area (Å²) in [5.74, 6) is -6.49. The first-order valence-electron chi connectivity index (χ1n) is 26.1. The van der Waals surface area contributed by atoms with Gasteiger partial charge in [-0.1, -0.05) is 142 Å². The van der Waals surface area contributed by atoms with E-state index in [1.807, 2.05) is 43.3 Å².